The fourth-order valence-corrected chi connectivity index (χ4v) is 4.22. The fourth-order valence-electron chi connectivity index (χ4n) is 2.87. The van der Waals surface area contributed by atoms with E-state index in [1.165, 1.54) is 0 Å². The number of nitrogens with one attached hydrogen (secondary N) is 3. The second-order valence-electron chi connectivity index (χ2n) is 5.84. The topological polar surface area (TPSA) is 111 Å². The van der Waals surface area contributed by atoms with Gasteiger partial charge in [0, 0.05) is 29.9 Å². The molecule has 0 aliphatic heterocycles. The van der Waals surface area contributed by atoms with Crippen molar-refractivity contribution < 1.29 is 8.42 Å². The van der Waals surface area contributed by atoms with Crippen molar-refractivity contribution in [3.05, 3.63) is 24.0 Å². The van der Waals surface area contributed by atoms with Gasteiger partial charge in [-0.2, -0.15) is 5.26 Å². The van der Waals surface area contributed by atoms with Crippen molar-refractivity contribution in [1.82, 2.24) is 14.7 Å². The van der Waals surface area contributed by atoms with E-state index in [-0.39, 0.29) is 17.8 Å². The number of rotatable bonds is 6. The second-order valence-corrected chi connectivity index (χ2v) is 7.72. The number of aromatic nitrogens is 2. The van der Waals surface area contributed by atoms with E-state index in [1.54, 1.807) is 12.4 Å². The van der Waals surface area contributed by atoms with E-state index in [0.717, 1.165) is 16.7 Å². The first-order valence-corrected chi connectivity index (χ1v) is 9.30. The molecule has 1 fully saturated rings. The summed E-state index contributed by atoms with van der Waals surface area (Å²) < 4.78 is 26.2. The van der Waals surface area contributed by atoms with E-state index in [0.29, 0.717) is 24.8 Å². The van der Waals surface area contributed by atoms with Gasteiger partial charge in [0.15, 0.2) is 0 Å². The number of aromatic amines is 1. The summed E-state index contributed by atoms with van der Waals surface area (Å²) in [6.45, 7) is 1.85. The van der Waals surface area contributed by atoms with Gasteiger partial charge in [0.2, 0.25) is 10.0 Å². The van der Waals surface area contributed by atoms with E-state index in [2.05, 4.69) is 26.1 Å². The first kappa shape index (κ1) is 15.8. The van der Waals surface area contributed by atoms with E-state index < -0.39 is 10.0 Å². The van der Waals surface area contributed by atoms with Crippen LogP contribution in [0.4, 0.5) is 5.69 Å². The van der Waals surface area contributed by atoms with Gasteiger partial charge in [-0.1, -0.05) is 6.92 Å². The van der Waals surface area contributed by atoms with Gasteiger partial charge in [0.1, 0.15) is 11.7 Å². The molecule has 0 unspecified atom stereocenters. The van der Waals surface area contributed by atoms with Gasteiger partial charge in [0.25, 0.3) is 0 Å². The quantitative estimate of drug-likeness (QED) is 0.745. The zero-order valence-corrected chi connectivity index (χ0v) is 13.7. The Morgan fingerprint density at radius 3 is 2.91 bits per heavy atom. The molecule has 3 N–H and O–H groups in total. The number of nitrogens with zero attached hydrogens (tertiary/aromatic N) is 2. The summed E-state index contributed by atoms with van der Waals surface area (Å²) in [5, 5.41) is 13.5. The largest absolute Gasteiger partial charge is 0.380 e. The average molecular weight is 333 g/mol. The molecule has 1 aliphatic rings. The highest BCUT2D eigenvalue weighted by Gasteiger charge is 2.32. The first-order chi connectivity index (χ1) is 11.0. The molecule has 0 spiro atoms. The molecule has 7 nitrogen and oxygen atoms in total. The van der Waals surface area contributed by atoms with Crippen LogP contribution in [0.5, 0.6) is 0 Å². The molecule has 0 atom stereocenters. The summed E-state index contributed by atoms with van der Waals surface area (Å²) in [5.41, 5.74) is 1.98. The Balaban J connectivity index is 1.67. The van der Waals surface area contributed by atoms with Crippen molar-refractivity contribution in [2.24, 2.45) is 0 Å². The van der Waals surface area contributed by atoms with Crippen molar-refractivity contribution in [3.8, 4) is 6.07 Å². The van der Waals surface area contributed by atoms with Crippen LogP contribution >= 0.6 is 0 Å². The van der Waals surface area contributed by atoms with Gasteiger partial charge in [-0.05, 0) is 25.3 Å². The maximum atomic E-state index is 11.8. The lowest BCUT2D eigenvalue weighted by Crippen LogP contribution is -2.50. The minimum atomic E-state index is -3.17. The van der Waals surface area contributed by atoms with E-state index in [4.69, 9.17) is 0 Å². The Kier molecular flexibility index (Phi) is 4.24. The Labute approximate surface area is 135 Å². The molecule has 23 heavy (non-hydrogen) atoms. The van der Waals surface area contributed by atoms with Gasteiger partial charge >= 0.3 is 0 Å². The van der Waals surface area contributed by atoms with E-state index >= 15 is 0 Å². The third-order valence-electron chi connectivity index (χ3n) is 4.01. The highest BCUT2D eigenvalue weighted by molar-refractivity contribution is 7.89. The van der Waals surface area contributed by atoms with Gasteiger partial charge in [-0.25, -0.2) is 18.1 Å². The molecule has 0 radical (unpaired) electrons. The molecular weight excluding hydrogens is 314 g/mol. The Bertz CT molecular complexity index is 846. The Hall–Kier alpha value is -2.11. The molecule has 0 bridgehead atoms. The monoisotopic (exact) mass is 333 g/mol. The molecule has 1 saturated carbocycles. The van der Waals surface area contributed by atoms with Crippen LogP contribution < -0.4 is 10.0 Å². The van der Waals surface area contributed by atoms with Crippen molar-refractivity contribution in [3.63, 3.8) is 0 Å². The van der Waals surface area contributed by atoms with Crippen LogP contribution in [0.25, 0.3) is 11.0 Å². The average Bonchev–Trinajstić information content (AvgIpc) is 2.93. The number of sulfonamides is 1. The van der Waals surface area contributed by atoms with Crippen LogP contribution in [0.3, 0.4) is 0 Å². The third kappa shape index (κ3) is 3.30. The molecule has 2 heterocycles. The van der Waals surface area contributed by atoms with Crippen LogP contribution in [0.1, 0.15) is 31.7 Å². The molecule has 122 valence electrons. The molecule has 3 rings (SSSR count). The smallest absolute Gasteiger partial charge is 0.211 e. The predicted molar refractivity (Wildman–Crippen MR) is 88.5 cm³/mol. The highest BCUT2D eigenvalue weighted by atomic mass is 32.2. The lowest BCUT2D eigenvalue weighted by Gasteiger charge is -2.37. The number of fused-ring (bicyclic) bond motifs is 1. The molecular formula is C15H19N5O2S. The van der Waals surface area contributed by atoms with Crippen molar-refractivity contribution in [2.75, 3.05) is 11.1 Å². The first-order valence-electron chi connectivity index (χ1n) is 7.65. The SMILES string of the molecule is CCCS(=O)(=O)N[C@H]1C[C@@H](Nc2c(C#N)cnc3[nH]ccc23)C1. The summed E-state index contributed by atoms with van der Waals surface area (Å²) in [6.07, 6.45) is 5.36. The minimum Gasteiger partial charge on any atom is -0.380 e. The van der Waals surface area contributed by atoms with Crippen LogP contribution in [0.15, 0.2) is 18.5 Å². The van der Waals surface area contributed by atoms with Crippen molar-refractivity contribution >= 4 is 26.7 Å². The zero-order chi connectivity index (χ0) is 16.4. The summed E-state index contributed by atoms with van der Waals surface area (Å²) in [7, 11) is -3.17. The number of nitriles is 1. The number of anilines is 1. The summed E-state index contributed by atoms with van der Waals surface area (Å²) in [6, 6.07) is 4.15. The standard InChI is InChI=1S/C15H19N5O2S/c1-2-5-23(21,22)20-12-6-11(7-12)19-14-10(8-16)9-18-15-13(14)3-4-17-15/h3-4,9,11-12,20H,2,5-7H2,1H3,(H2,17,18,19)/t11-,12+. The summed E-state index contributed by atoms with van der Waals surface area (Å²) in [4.78, 5) is 7.22. The molecule has 2 aromatic heterocycles. The molecule has 1 aliphatic carbocycles. The normalized spacial score (nSPS) is 20.9. The highest BCUT2D eigenvalue weighted by Crippen LogP contribution is 2.30. The maximum absolute atomic E-state index is 11.8. The second kappa shape index (κ2) is 6.18. The molecule has 0 amide bonds. The molecule has 0 aromatic carbocycles. The van der Waals surface area contributed by atoms with Gasteiger partial charge in [-0.15, -0.1) is 0 Å². The summed E-state index contributed by atoms with van der Waals surface area (Å²) >= 11 is 0. The Morgan fingerprint density at radius 2 is 2.22 bits per heavy atom. The van der Waals surface area contributed by atoms with Crippen LogP contribution in [-0.4, -0.2) is 36.2 Å². The van der Waals surface area contributed by atoms with Crippen LogP contribution in [0.2, 0.25) is 0 Å². The molecule has 0 saturated heterocycles. The molecule has 8 heteroatoms. The molecule has 2 aromatic rings. The van der Waals surface area contributed by atoms with E-state index in [9.17, 15) is 13.7 Å². The lowest BCUT2D eigenvalue weighted by molar-refractivity contribution is 0.346. The predicted octanol–water partition coefficient (Wildman–Crippen LogP) is 1.71. The summed E-state index contributed by atoms with van der Waals surface area (Å²) in [5.74, 6) is 0.161. The van der Waals surface area contributed by atoms with Crippen molar-refractivity contribution in [1.29, 1.82) is 5.26 Å². The number of H-pyrrole nitrogens is 1. The van der Waals surface area contributed by atoms with Gasteiger partial charge in [0.05, 0.1) is 17.0 Å². The number of hydrogen-bond donors (Lipinski definition) is 3. The minimum absolute atomic E-state index is 0.0295. The van der Waals surface area contributed by atoms with Gasteiger partial charge < -0.3 is 10.3 Å². The fraction of sp³-hybridized carbons (Fsp3) is 0.467. The maximum Gasteiger partial charge on any atom is 0.211 e. The van der Waals surface area contributed by atoms with Crippen molar-refractivity contribution in [2.45, 2.75) is 38.3 Å². The van der Waals surface area contributed by atoms with E-state index in [1.807, 2.05) is 13.0 Å². The number of hydrogen-bond acceptors (Lipinski definition) is 5. The zero-order valence-electron chi connectivity index (χ0n) is 12.8. The Morgan fingerprint density at radius 1 is 1.43 bits per heavy atom. The van der Waals surface area contributed by atoms with Crippen LogP contribution in [-0.2, 0) is 10.0 Å². The van der Waals surface area contributed by atoms with Crippen LogP contribution in [0, 0.1) is 11.3 Å². The lowest BCUT2D eigenvalue weighted by atomic mass is 9.87. The van der Waals surface area contributed by atoms with Gasteiger partial charge in [-0.3, -0.25) is 0 Å². The third-order valence-corrected chi connectivity index (χ3v) is 5.65. The number of pyridine rings is 1.